The second kappa shape index (κ2) is 14.4. The second-order valence-corrected chi connectivity index (χ2v) is 14.6. The van der Waals surface area contributed by atoms with E-state index in [1.54, 1.807) is 30.0 Å². The predicted octanol–water partition coefficient (Wildman–Crippen LogP) is 5.89. The van der Waals surface area contributed by atoms with Crippen molar-refractivity contribution in [2.75, 3.05) is 49.8 Å². The van der Waals surface area contributed by atoms with Gasteiger partial charge in [0, 0.05) is 39.3 Å². The molecule has 0 bridgehead atoms. The fourth-order valence-electron chi connectivity index (χ4n) is 6.31. The maximum Gasteiger partial charge on any atom is 0.196 e. The number of methoxy groups -OCH3 is 1. The molecule has 1 aliphatic heterocycles. The van der Waals surface area contributed by atoms with E-state index in [1.165, 1.54) is 12.1 Å². The normalized spacial score (nSPS) is 16.2. The summed E-state index contributed by atoms with van der Waals surface area (Å²) in [6, 6.07) is 17.5. The van der Waals surface area contributed by atoms with Gasteiger partial charge in [-0.05, 0) is 73.9 Å². The highest BCUT2D eigenvalue weighted by Crippen LogP contribution is 2.43. The quantitative estimate of drug-likeness (QED) is 0.123. The number of ketones is 1. The molecule has 0 amide bonds. The van der Waals surface area contributed by atoms with Crippen molar-refractivity contribution in [2.24, 2.45) is 5.92 Å². The van der Waals surface area contributed by atoms with E-state index < -0.39 is 21.4 Å². The van der Waals surface area contributed by atoms with Crippen LogP contribution < -0.4 is 4.90 Å². The van der Waals surface area contributed by atoms with E-state index in [0.29, 0.717) is 36.9 Å². The van der Waals surface area contributed by atoms with Crippen LogP contribution in [0.15, 0.2) is 60.7 Å². The number of Topliss-reactive ketones (excluding diaryl/α,β-unsaturated/α-hetero) is 1. The van der Waals surface area contributed by atoms with Gasteiger partial charge in [0.25, 0.3) is 0 Å². The van der Waals surface area contributed by atoms with Crippen molar-refractivity contribution >= 4 is 32.3 Å². The Morgan fingerprint density at radius 1 is 1.02 bits per heavy atom. The number of halogens is 1. The summed E-state index contributed by atoms with van der Waals surface area (Å²) in [4.78, 5) is 20.7. The number of piperidine rings is 1. The zero-order chi connectivity index (χ0) is 32.1. The van der Waals surface area contributed by atoms with E-state index in [2.05, 4.69) is 4.90 Å². The Bertz CT molecular complexity index is 1750. The Morgan fingerprint density at radius 2 is 1.76 bits per heavy atom. The lowest BCUT2D eigenvalue weighted by Crippen LogP contribution is -2.35. The third kappa shape index (κ3) is 7.48. The average Bonchev–Trinajstić information content (AvgIpc) is 3.39. The Kier molecular flexibility index (Phi) is 10.1. The van der Waals surface area contributed by atoms with Crippen LogP contribution in [0.25, 0.3) is 16.7 Å². The van der Waals surface area contributed by atoms with Crippen molar-refractivity contribution < 1.29 is 27.1 Å². The number of hydrogen-bond donors (Lipinski definition) is 0. The maximum absolute atomic E-state index is 13.9. The number of ether oxygens (including phenoxy) is 2. The lowest BCUT2D eigenvalue weighted by atomic mass is 9.81. The number of carbonyl (C=O) groups is 1. The Labute approximate surface area is 269 Å². The summed E-state index contributed by atoms with van der Waals surface area (Å²) in [6.45, 7) is 2.92. The van der Waals surface area contributed by atoms with Crippen molar-refractivity contribution in [3.05, 3.63) is 83.4 Å². The molecule has 2 fully saturated rings. The van der Waals surface area contributed by atoms with Gasteiger partial charge in [-0.2, -0.15) is 5.10 Å². The third-order valence-corrected chi connectivity index (χ3v) is 10.7. The van der Waals surface area contributed by atoms with E-state index in [-0.39, 0.29) is 29.8 Å². The van der Waals surface area contributed by atoms with Gasteiger partial charge in [-0.15, -0.1) is 0 Å². The Balaban J connectivity index is 1.28. The number of benzene rings is 2. The minimum atomic E-state index is -3.71. The molecule has 9 nitrogen and oxygen atoms in total. The van der Waals surface area contributed by atoms with Gasteiger partial charge in [0.1, 0.15) is 17.3 Å². The molecule has 2 aliphatic rings. The lowest BCUT2D eigenvalue weighted by Gasteiger charge is -2.34. The number of hydrogen-bond acceptors (Lipinski definition) is 8. The second-order valence-electron chi connectivity index (χ2n) is 12.4. The van der Waals surface area contributed by atoms with Crippen LogP contribution in [0.1, 0.15) is 66.2 Å². The topological polar surface area (TPSA) is 104 Å². The number of nitrogens with zero attached hydrogens (tertiary/aromatic N) is 4. The largest absolute Gasteiger partial charge is 0.384 e. The van der Waals surface area contributed by atoms with Gasteiger partial charge >= 0.3 is 0 Å². The molecule has 1 saturated carbocycles. The molecule has 4 aromatic rings. The van der Waals surface area contributed by atoms with Gasteiger partial charge in [0.2, 0.25) is 0 Å². The SMILES string of the molecule is COCC1CCN(c2cc(C(=O)CS(=O)(=O)CCCOCc3ccccc3)nc3c2c(C2CCC2)nn3-c2ccc(F)cc2)CC1. The molecule has 0 N–H and O–H groups in total. The molecule has 2 aromatic carbocycles. The van der Waals surface area contributed by atoms with Crippen LogP contribution >= 0.6 is 0 Å². The molecule has 6 rings (SSSR count). The molecule has 244 valence electrons. The van der Waals surface area contributed by atoms with Crippen molar-refractivity contribution in [3.8, 4) is 5.69 Å². The number of aromatic nitrogens is 3. The highest BCUT2D eigenvalue weighted by atomic mass is 32.2. The minimum Gasteiger partial charge on any atom is -0.384 e. The monoisotopic (exact) mass is 648 g/mol. The Hall–Kier alpha value is -3.67. The predicted molar refractivity (Wildman–Crippen MR) is 176 cm³/mol. The fourth-order valence-corrected chi connectivity index (χ4v) is 7.56. The molecule has 0 spiro atoms. The van der Waals surface area contributed by atoms with Gasteiger partial charge in [0.05, 0.1) is 34.8 Å². The molecule has 3 heterocycles. The summed E-state index contributed by atoms with van der Waals surface area (Å²) < 4.78 is 52.8. The fraction of sp³-hybridized carbons (Fsp3) is 0.457. The van der Waals surface area contributed by atoms with E-state index in [1.807, 2.05) is 30.3 Å². The maximum atomic E-state index is 13.9. The molecule has 0 radical (unpaired) electrons. The zero-order valence-corrected chi connectivity index (χ0v) is 27.1. The van der Waals surface area contributed by atoms with Crippen LogP contribution in [0.4, 0.5) is 10.1 Å². The molecule has 46 heavy (non-hydrogen) atoms. The summed E-state index contributed by atoms with van der Waals surface area (Å²) in [5.41, 5.74) is 4.00. The van der Waals surface area contributed by atoms with Crippen molar-refractivity contribution in [1.82, 2.24) is 14.8 Å². The number of anilines is 1. The molecule has 1 aliphatic carbocycles. The van der Waals surface area contributed by atoms with Gasteiger partial charge < -0.3 is 14.4 Å². The van der Waals surface area contributed by atoms with Gasteiger partial charge in [-0.1, -0.05) is 36.8 Å². The van der Waals surface area contributed by atoms with Crippen LogP contribution in [0.5, 0.6) is 0 Å². The van der Waals surface area contributed by atoms with E-state index in [4.69, 9.17) is 19.6 Å². The summed E-state index contributed by atoms with van der Waals surface area (Å²) in [5, 5.41) is 5.89. The molecular formula is C35H41FN4O5S. The lowest BCUT2D eigenvalue weighted by molar-refractivity contribution is 0.101. The molecule has 2 aromatic heterocycles. The van der Waals surface area contributed by atoms with E-state index in [0.717, 1.165) is 67.5 Å². The molecule has 11 heteroatoms. The average molecular weight is 649 g/mol. The summed E-state index contributed by atoms with van der Waals surface area (Å²) >= 11 is 0. The molecular weight excluding hydrogens is 607 g/mol. The highest BCUT2D eigenvalue weighted by Gasteiger charge is 2.32. The number of sulfone groups is 1. The Morgan fingerprint density at radius 3 is 2.43 bits per heavy atom. The van der Waals surface area contributed by atoms with Gasteiger partial charge in [-0.25, -0.2) is 22.5 Å². The van der Waals surface area contributed by atoms with E-state index in [9.17, 15) is 17.6 Å². The summed E-state index contributed by atoms with van der Waals surface area (Å²) in [5.74, 6) is -0.996. The van der Waals surface area contributed by atoms with Crippen molar-refractivity contribution in [1.29, 1.82) is 0 Å². The smallest absolute Gasteiger partial charge is 0.196 e. The van der Waals surface area contributed by atoms with E-state index >= 15 is 0 Å². The van der Waals surface area contributed by atoms with Crippen LogP contribution in [-0.4, -0.2) is 73.9 Å². The molecule has 0 unspecified atom stereocenters. The van der Waals surface area contributed by atoms with Crippen LogP contribution in [0.2, 0.25) is 0 Å². The highest BCUT2D eigenvalue weighted by molar-refractivity contribution is 7.92. The third-order valence-electron chi connectivity index (χ3n) is 9.06. The zero-order valence-electron chi connectivity index (χ0n) is 26.2. The standard InChI is InChI=1S/C35H41FN4O5S/c1-44-22-26-15-17-39(18-16-26)31-21-30(32(41)24-46(42,43)20-6-19-45-23-25-7-3-2-4-8-25)37-35-33(31)34(27-9-5-10-27)38-40(35)29-13-11-28(36)12-14-29/h2-4,7-8,11-14,21,26-27H,5-6,9-10,15-20,22-24H2,1H3. The number of pyridine rings is 1. The van der Waals surface area contributed by atoms with Crippen LogP contribution in [0.3, 0.4) is 0 Å². The van der Waals surface area contributed by atoms with Gasteiger partial charge in [-0.3, -0.25) is 4.79 Å². The number of rotatable bonds is 14. The first-order valence-electron chi connectivity index (χ1n) is 16.1. The first-order valence-corrected chi connectivity index (χ1v) is 17.9. The van der Waals surface area contributed by atoms with Crippen LogP contribution in [0, 0.1) is 11.7 Å². The van der Waals surface area contributed by atoms with Crippen molar-refractivity contribution in [3.63, 3.8) is 0 Å². The van der Waals surface area contributed by atoms with Crippen molar-refractivity contribution in [2.45, 2.75) is 51.0 Å². The minimum absolute atomic E-state index is 0.0915. The number of fused-ring (bicyclic) bond motifs is 1. The number of carbonyl (C=O) groups excluding carboxylic acids is 1. The summed E-state index contributed by atoms with van der Waals surface area (Å²) in [6.07, 6.45) is 5.31. The first kappa shape index (κ1) is 32.3. The first-order chi connectivity index (χ1) is 22.3. The molecule has 1 saturated heterocycles. The van der Waals surface area contributed by atoms with Crippen LogP contribution in [-0.2, 0) is 25.9 Å². The van der Waals surface area contributed by atoms with Gasteiger partial charge in [0.15, 0.2) is 21.3 Å². The summed E-state index contributed by atoms with van der Waals surface area (Å²) in [7, 11) is -1.99. The molecule has 0 atom stereocenters.